The summed E-state index contributed by atoms with van der Waals surface area (Å²) in [6.45, 7) is 1.91. The highest BCUT2D eigenvalue weighted by atomic mass is 16.4. The van der Waals surface area contributed by atoms with Gasteiger partial charge >= 0.3 is 11.9 Å². The zero-order valence-electron chi connectivity index (χ0n) is 20.7. The molecule has 7 nitrogen and oxygen atoms in total. The van der Waals surface area contributed by atoms with Crippen LogP contribution in [0.3, 0.4) is 0 Å². The summed E-state index contributed by atoms with van der Waals surface area (Å²) in [5, 5.41) is 20.4. The second-order valence-corrected chi connectivity index (χ2v) is 9.13. The third kappa shape index (κ3) is 21.7. The average molecular weight is 470 g/mol. The molecule has 0 spiro atoms. The van der Waals surface area contributed by atoms with Crippen molar-refractivity contribution in [2.24, 2.45) is 0 Å². The smallest absolute Gasteiger partial charge is 0.326 e. The largest absolute Gasteiger partial charge is 0.481 e. The van der Waals surface area contributed by atoms with Crippen molar-refractivity contribution in [3.8, 4) is 0 Å². The molecule has 0 heterocycles. The van der Waals surface area contributed by atoms with Crippen molar-refractivity contribution in [3.05, 3.63) is 0 Å². The molecule has 0 radical (unpaired) electrons. The first kappa shape index (κ1) is 31.1. The van der Waals surface area contributed by atoms with E-state index in [0.717, 1.165) is 44.9 Å². The Morgan fingerprint density at radius 2 is 1.03 bits per heavy atom. The maximum atomic E-state index is 12.0. The number of hydrogen-bond donors (Lipinski definition) is 3. The summed E-state index contributed by atoms with van der Waals surface area (Å²) in [4.78, 5) is 45.3. The number of ketones is 1. The Bertz CT molecular complexity index is 549. The fourth-order valence-electron chi connectivity index (χ4n) is 3.92. The van der Waals surface area contributed by atoms with Gasteiger partial charge in [0.15, 0.2) is 0 Å². The highest BCUT2D eigenvalue weighted by molar-refractivity contribution is 5.84. The molecule has 0 bridgehead atoms. The number of carbonyl (C=O) groups excluding carboxylic acids is 2. The first-order valence-electron chi connectivity index (χ1n) is 13.1. The summed E-state index contributed by atoms with van der Waals surface area (Å²) < 4.78 is 0. The molecular formula is C26H47NO6. The molecule has 1 unspecified atom stereocenters. The van der Waals surface area contributed by atoms with Gasteiger partial charge in [-0.05, 0) is 25.7 Å². The summed E-state index contributed by atoms with van der Waals surface area (Å²) in [7, 11) is 0. The molecule has 33 heavy (non-hydrogen) atoms. The number of nitrogens with one attached hydrogen (secondary N) is 1. The molecule has 0 rings (SSSR count). The van der Waals surface area contributed by atoms with Crippen molar-refractivity contribution in [2.45, 2.75) is 141 Å². The van der Waals surface area contributed by atoms with Gasteiger partial charge in [-0.3, -0.25) is 14.4 Å². The van der Waals surface area contributed by atoms with Crippen molar-refractivity contribution in [2.75, 3.05) is 0 Å². The van der Waals surface area contributed by atoms with E-state index in [9.17, 15) is 24.3 Å². The predicted molar refractivity (Wildman–Crippen MR) is 130 cm³/mol. The molecule has 1 atom stereocenters. The SMILES string of the molecule is CCCC(=O)CCC(NC(=O)CCCCCCCCCCCCCCCCC(=O)O)C(=O)O. The van der Waals surface area contributed by atoms with Crippen molar-refractivity contribution in [1.82, 2.24) is 5.32 Å². The summed E-state index contributed by atoms with van der Waals surface area (Å²) in [5.74, 6) is -1.98. The lowest BCUT2D eigenvalue weighted by molar-refractivity contribution is -0.142. The van der Waals surface area contributed by atoms with Crippen LogP contribution in [0.25, 0.3) is 0 Å². The minimum absolute atomic E-state index is 0.0444. The van der Waals surface area contributed by atoms with Gasteiger partial charge < -0.3 is 15.5 Å². The molecule has 0 saturated heterocycles. The summed E-state index contributed by atoms with van der Waals surface area (Å²) >= 11 is 0. The first-order valence-corrected chi connectivity index (χ1v) is 13.1. The standard InChI is InChI=1S/C26H47NO6/c1-2-17-22(28)20-21-23(26(32)33)27-24(29)18-15-13-11-9-7-5-3-4-6-8-10-12-14-16-19-25(30)31/h23H,2-21H2,1H3,(H,27,29)(H,30,31)(H,32,33). The lowest BCUT2D eigenvalue weighted by Gasteiger charge is -2.14. The third-order valence-electron chi connectivity index (χ3n) is 5.92. The van der Waals surface area contributed by atoms with Crippen molar-refractivity contribution < 1.29 is 29.4 Å². The van der Waals surface area contributed by atoms with E-state index >= 15 is 0 Å². The normalized spacial score (nSPS) is 11.8. The summed E-state index contributed by atoms with van der Waals surface area (Å²) in [6, 6.07) is -0.977. The van der Waals surface area contributed by atoms with Crippen LogP contribution >= 0.6 is 0 Å². The van der Waals surface area contributed by atoms with Crippen LogP contribution in [-0.4, -0.2) is 39.9 Å². The molecule has 7 heteroatoms. The van der Waals surface area contributed by atoms with E-state index in [1.54, 1.807) is 0 Å². The van der Waals surface area contributed by atoms with Crippen LogP contribution < -0.4 is 5.32 Å². The number of hydrogen-bond acceptors (Lipinski definition) is 4. The Morgan fingerprint density at radius 3 is 1.42 bits per heavy atom. The fourth-order valence-corrected chi connectivity index (χ4v) is 3.92. The van der Waals surface area contributed by atoms with E-state index in [-0.39, 0.29) is 24.5 Å². The lowest BCUT2D eigenvalue weighted by atomic mass is 10.0. The zero-order valence-corrected chi connectivity index (χ0v) is 20.7. The van der Waals surface area contributed by atoms with E-state index in [1.807, 2.05) is 6.92 Å². The van der Waals surface area contributed by atoms with Crippen molar-refractivity contribution >= 4 is 23.6 Å². The minimum Gasteiger partial charge on any atom is -0.481 e. The van der Waals surface area contributed by atoms with Gasteiger partial charge in [0.2, 0.25) is 5.91 Å². The molecule has 0 saturated carbocycles. The molecular weight excluding hydrogens is 422 g/mol. The topological polar surface area (TPSA) is 121 Å². The summed E-state index contributed by atoms with van der Waals surface area (Å²) in [6.07, 6.45) is 17.9. The van der Waals surface area contributed by atoms with Crippen LogP contribution in [0.1, 0.15) is 135 Å². The molecule has 0 aliphatic rings. The maximum absolute atomic E-state index is 12.0. The van der Waals surface area contributed by atoms with Crippen LogP contribution in [0.15, 0.2) is 0 Å². The van der Waals surface area contributed by atoms with Crippen LogP contribution in [0.2, 0.25) is 0 Å². The van der Waals surface area contributed by atoms with Gasteiger partial charge in [0.1, 0.15) is 11.8 Å². The number of carbonyl (C=O) groups is 4. The molecule has 3 N–H and O–H groups in total. The van der Waals surface area contributed by atoms with Crippen LogP contribution in [0.4, 0.5) is 0 Å². The van der Waals surface area contributed by atoms with E-state index in [1.165, 1.54) is 51.4 Å². The first-order chi connectivity index (χ1) is 15.9. The molecule has 0 aliphatic heterocycles. The molecule has 0 aromatic rings. The fraction of sp³-hybridized carbons (Fsp3) is 0.846. The Labute approximate surface area is 200 Å². The Kier molecular flexibility index (Phi) is 20.6. The number of Topliss-reactive ketones (excluding diaryl/α,β-unsaturated/α-hetero) is 1. The van der Waals surface area contributed by atoms with E-state index in [2.05, 4.69) is 5.32 Å². The van der Waals surface area contributed by atoms with Gasteiger partial charge in [0.05, 0.1) is 0 Å². The minimum atomic E-state index is -1.08. The van der Waals surface area contributed by atoms with E-state index < -0.39 is 18.0 Å². The zero-order chi connectivity index (χ0) is 24.7. The second kappa shape index (κ2) is 21.9. The van der Waals surface area contributed by atoms with Gasteiger partial charge in [-0.1, -0.05) is 84.0 Å². The molecule has 0 aromatic carbocycles. The second-order valence-electron chi connectivity index (χ2n) is 9.13. The van der Waals surface area contributed by atoms with Crippen LogP contribution in [0, 0.1) is 0 Å². The number of carboxylic acids is 2. The van der Waals surface area contributed by atoms with Gasteiger partial charge in [0.25, 0.3) is 0 Å². The Morgan fingerprint density at radius 1 is 0.606 bits per heavy atom. The summed E-state index contributed by atoms with van der Waals surface area (Å²) in [5.41, 5.74) is 0. The molecule has 0 fully saturated rings. The maximum Gasteiger partial charge on any atom is 0.326 e. The molecule has 0 aromatic heterocycles. The number of amides is 1. The van der Waals surface area contributed by atoms with Gasteiger partial charge in [-0.15, -0.1) is 0 Å². The highest BCUT2D eigenvalue weighted by Crippen LogP contribution is 2.14. The third-order valence-corrected chi connectivity index (χ3v) is 5.92. The van der Waals surface area contributed by atoms with Gasteiger partial charge in [-0.25, -0.2) is 4.79 Å². The van der Waals surface area contributed by atoms with Crippen molar-refractivity contribution in [1.29, 1.82) is 0 Å². The lowest BCUT2D eigenvalue weighted by Crippen LogP contribution is -2.41. The van der Waals surface area contributed by atoms with Gasteiger partial charge in [0, 0.05) is 25.7 Å². The molecule has 1 amide bonds. The van der Waals surface area contributed by atoms with Crippen LogP contribution in [-0.2, 0) is 19.2 Å². The highest BCUT2D eigenvalue weighted by Gasteiger charge is 2.20. The number of carboxylic acid groups (broad SMARTS) is 2. The quantitative estimate of drug-likeness (QED) is 0.148. The Hall–Kier alpha value is -1.92. The average Bonchev–Trinajstić information content (AvgIpc) is 2.76. The van der Waals surface area contributed by atoms with Gasteiger partial charge in [-0.2, -0.15) is 0 Å². The molecule has 192 valence electrons. The van der Waals surface area contributed by atoms with E-state index in [0.29, 0.717) is 19.3 Å². The number of unbranched alkanes of at least 4 members (excludes halogenated alkanes) is 13. The van der Waals surface area contributed by atoms with Crippen molar-refractivity contribution in [3.63, 3.8) is 0 Å². The number of rotatable bonds is 24. The number of aliphatic carboxylic acids is 2. The predicted octanol–water partition coefficient (Wildman–Crippen LogP) is 6.03. The Balaban J connectivity index is 3.52. The van der Waals surface area contributed by atoms with Crippen LogP contribution in [0.5, 0.6) is 0 Å². The van der Waals surface area contributed by atoms with E-state index in [4.69, 9.17) is 5.11 Å². The molecule has 0 aliphatic carbocycles. The monoisotopic (exact) mass is 469 g/mol.